The number of nitrogens with zero attached hydrogens (tertiary/aromatic N) is 1. The number of benzene rings is 2. The molecule has 1 aliphatic rings. The van der Waals surface area contributed by atoms with Crippen LogP contribution in [-0.4, -0.2) is 36.1 Å². The Balaban J connectivity index is 1.89. The molecule has 1 aliphatic carbocycles. The molecule has 2 N–H and O–H groups in total. The number of ether oxygens (including phenoxy) is 1. The number of rotatable bonds is 8. The first-order valence-electron chi connectivity index (χ1n) is 12.5. The van der Waals surface area contributed by atoms with Gasteiger partial charge in [-0.15, -0.1) is 0 Å². The molecule has 1 amide bonds. The summed E-state index contributed by atoms with van der Waals surface area (Å²) in [5.74, 6) is -0.837. The molecule has 184 valence electrons. The molecule has 0 bridgehead atoms. The summed E-state index contributed by atoms with van der Waals surface area (Å²) in [5.41, 5.74) is 1.19. The fourth-order valence-electron chi connectivity index (χ4n) is 5.02. The monoisotopic (exact) mass is 475 g/mol. The van der Waals surface area contributed by atoms with E-state index in [1.54, 1.807) is 13.0 Å². The number of hydrogen-bond acceptors (Lipinski definition) is 5. The van der Waals surface area contributed by atoms with Crippen molar-refractivity contribution in [3.8, 4) is 0 Å². The molecule has 0 aliphatic heterocycles. The maximum Gasteiger partial charge on any atom is 0.345 e. The summed E-state index contributed by atoms with van der Waals surface area (Å²) in [6.07, 6.45) is 5.31. The van der Waals surface area contributed by atoms with Gasteiger partial charge < -0.3 is 19.9 Å². The molecule has 2 aromatic carbocycles. The lowest BCUT2D eigenvalue weighted by atomic mass is 9.94. The molecule has 1 unspecified atom stereocenters. The lowest BCUT2D eigenvalue weighted by Gasteiger charge is -2.35. The van der Waals surface area contributed by atoms with Crippen molar-refractivity contribution < 1.29 is 14.3 Å². The number of anilines is 1. The highest BCUT2D eigenvalue weighted by Gasteiger charge is 2.34. The van der Waals surface area contributed by atoms with Crippen LogP contribution in [0.4, 0.5) is 5.69 Å². The van der Waals surface area contributed by atoms with E-state index in [9.17, 15) is 14.4 Å². The molecule has 4 rings (SSSR count). The maximum absolute atomic E-state index is 13.9. The van der Waals surface area contributed by atoms with Crippen LogP contribution in [0, 0.1) is 0 Å². The molecule has 1 fully saturated rings. The summed E-state index contributed by atoms with van der Waals surface area (Å²) in [6.45, 7) is 4.17. The van der Waals surface area contributed by atoms with E-state index in [0.717, 1.165) is 31.2 Å². The van der Waals surface area contributed by atoms with Gasteiger partial charge in [-0.1, -0.05) is 67.8 Å². The second-order valence-electron chi connectivity index (χ2n) is 8.89. The van der Waals surface area contributed by atoms with E-state index in [1.165, 1.54) is 6.42 Å². The van der Waals surface area contributed by atoms with Gasteiger partial charge in [0.25, 0.3) is 5.56 Å². The Hall–Kier alpha value is -3.61. The summed E-state index contributed by atoms with van der Waals surface area (Å²) in [5, 5.41) is 3.94. The number of likely N-dealkylation sites (N-methyl/N-ethyl adjacent to an activating group) is 1. The zero-order valence-electron chi connectivity index (χ0n) is 20.4. The van der Waals surface area contributed by atoms with E-state index in [1.807, 2.05) is 60.4 Å². The van der Waals surface area contributed by atoms with Gasteiger partial charge in [-0.2, -0.15) is 0 Å². The van der Waals surface area contributed by atoms with Crippen LogP contribution in [0.1, 0.15) is 67.9 Å². The Morgan fingerprint density at radius 1 is 1.03 bits per heavy atom. The molecular formula is C28H33N3O4. The Kier molecular flexibility index (Phi) is 7.85. The fourth-order valence-corrected chi connectivity index (χ4v) is 5.02. The largest absolute Gasteiger partial charge is 0.462 e. The van der Waals surface area contributed by atoms with Crippen LogP contribution in [0.5, 0.6) is 0 Å². The molecule has 1 atom stereocenters. The smallest absolute Gasteiger partial charge is 0.345 e. The van der Waals surface area contributed by atoms with Gasteiger partial charge >= 0.3 is 5.97 Å². The van der Waals surface area contributed by atoms with Gasteiger partial charge in [-0.05, 0) is 38.3 Å². The number of nitrogens with one attached hydrogen (secondary N) is 2. The van der Waals surface area contributed by atoms with Crippen molar-refractivity contribution in [2.24, 2.45) is 0 Å². The van der Waals surface area contributed by atoms with Crippen molar-refractivity contribution in [2.45, 2.75) is 58.0 Å². The minimum atomic E-state index is -0.721. The molecule has 35 heavy (non-hydrogen) atoms. The molecular weight excluding hydrogens is 442 g/mol. The highest BCUT2D eigenvalue weighted by Crippen LogP contribution is 2.35. The number of carbonyl (C=O) groups is 2. The van der Waals surface area contributed by atoms with Crippen molar-refractivity contribution in [2.75, 3.05) is 18.1 Å². The lowest BCUT2D eigenvalue weighted by molar-refractivity contribution is -0.123. The van der Waals surface area contributed by atoms with E-state index in [4.69, 9.17) is 4.74 Å². The molecule has 0 radical (unpaired) electrons. The predicted octanol–water partition coefficient (Wildman–Crippen LogP) is 4.72. The van der Waals surface area contributed by atoms with E-state index >= 15 is 0 Å². The van der Waals surface area contributed by atoms with Crippen LogP contribution in [0.2, 0.25) is 0 Å². The summed E-state index contributed by atoms with van der Waals surface area (Å²) in [4.78, 5) is 44.7. The molecule has 0 saturated heterocycles. The molecule has 1 saturated carbocycles. The van der Waals surface area contributed by atoms with E-state index < -0.39 is 17.6 Å². The van der Waals surface area contributed by atoms with Crippen LogP contribution in [-0.2, 0) is 9.53 Å². The molecule has 0 spiro atoms. The highest BCUT2D eigenvalue weighted by atomic mass is 16.5. The number of para-hydroxylation sites is 1. The van der Waals surface area contributed by atoms with Gasteiger partial charge in [0.05, 0.1) is 17.8 Å². The topological polar surface area (TPSA) is 91.5 Å². The number of fused-ring (bicyclic) bond motifs is 1. The average Bonchev–Trinajstić information content (AvgIpc) is 2.87. The fraction of sp³-hybridized carbons (Fsp3) is 0.393. The highest BCUT2D eigenvalue weighted by molar-refractivity contribution is 6.06. The number of pyridine rings is 1. The number of esters is 1. The molecule has 1 heterocycles. The second kappa shape index (κ2) is 11.2. The number of H-pyrrole nitrogens is 1. The normalized spacial score (nSPS) is 14.9. The third kappa shape index (κ3) is 5.24. The summed E-state index contributed by atoms with van der Waals surface area (Å²) < 4.78 is 5.27. The summed E-state index contributed by atoms with van der Waals surface area (Å²) in [7, 11) is 0. The molecule has 7 heteroatoms. The minimum absolute atomic E-state index is 0.0844. The van der Waals surface area contributed by atoms with Crippen LogP contribution in [0.3, 0.4) is 0 Å². The number of carbonyl (C=O) groups excluding carboxylic acids is 2. The van der Waals surface area contributed by atoms with E-state index in [-0.39, 0.29) is 24.1 Å². The minimum Gasteiger partial charge on any atom is -0.462 e. The van der Waals surface area contributed by atoms with Crippen molar-refractivity contribution in [3.05, 3.63) is 76.1 Å². The first kappa shape index (κ1) is 24.5. The molecule has 7 nitrogen and oxygen atoms in total. The van der Waals surface area contributed by atoms with Gasteiger partial charge in [0.2, 0.25) is 5.91 Å². The zero-order chi connectivity index (χ0) is 24.8. The Morgan fingerprint density at radius 3 is 2.40 bits per heavy atom. The summed E-state index contributed by atoms with van der Waals surface area (Å²) >= 11 is 0. The van der Waals surface area contributed by atoms with Gasteiger partial charge in [0.15, 0.2) is 0 Å². The Labute approximate surface area is 205 Å². The predicted molar refractivity (Wildman–Crippen MR) is 138 cm³/mol. The quantitative estimate of drug-likeness (QED) is 0.460. The van der Waals surface area contributed by atoms with Gasteiger partial charge in [0, 0.05) is 18.0 Å². The second-order valence-corrected chi connectivity index (χ2v) is 8.89. The van der Waals surface area contributed by atoms with Crippen LogP contribution in [0.15, 0.2) is 59.4 Å². The number of amides is 1. The van der Waals surface area contributed by atoms with Crippen molar-refractivity contribution in [1.29, 1.82) is 0 Å². The standard InChI is InChI=1S/C28H33N3O4/c1-3-31(24(19-13-7-5-8-14-19)27(33)29-20-15-9-6-10-16-20)25-21-17-11-12-18-22(21)30-26(32)23(25)28(34)35-4-2/h5,7-8,11-14,17-18,20,24H,3-4,6,9-10,15-16H2,1-2H3,(H,29,33)(H,30,32). The van der Waals surface area contributed by atoms with Crippen molar-refractivity contribution in [3.63, 3.8) is 0 Å². The van der Waals surface area contributed by atoms with Crippen molar-refractivity contribution in [1.82, 2.24) is 10.3 Å². The zero-order valence-corrected chi connectivity index (χ0v) is 20.4. The van der Waals surface area contributed by atoms with E-state index in [2.05, 4.69) is 10.3 Å². The molecule has 3 aromatic rings. The average molecular weight is 476 g/mol. The summed E-state index contributed by atoms with van der Waals surface area (Å²) in [6, 6.07) is 16.2. The van der Waals surface area contributed by atoms with Gasteiger partial charge in [-0.3, -0.25) is 9.59 Å². The Morgan fingerprint density at radius 2 is 1.71 bits per heavy atom. The SMILES string of the molecule is CCOC(=O)c1c(N(CC)C(C(=O)NC2CCCCC2)c2ccccc2)c2ccccc2[nH]c1=O. The van der Waals surface area contributed by atoms with Gasteiger partial charge in [0.1, 0.15) is 11.6 Å². The lowest BCUT2D eigenvalue weighted by Crippen LogP contribution is -2.46. The van der Waals surface area contributed by atoms with Crippen LogP contribution >= 0.6 is 0 Å². The number of aromatic nitrogens is 1. The molecule has 1 aromatic heterocycles. The van der Waals surface area contributed by atoms with Gasteiger partial charge in [-0.25, -0.2) is 4.79 Å². The van der Waals surface area contributed by atoms with Crippen LogP contribution < -0.4 is 15.8 Å². The first-order chi connectivity index (χ1) is 17.0. The van der Waals surface area contributed by atoms with Crippen LogP contribution in [0.25, 0.3) is 10.9 Å². The van der Waals surface area contributed by atoms with E-state index in [0.29, 0.717) is 23.1 Å². The van der Waals surface area contributed by atoms with Crippen molar-refractivity contribution >= 4 is 28.5 Å². The first-order valence-corrected chi connectivity index (χ1v) is 12.5. The maximum atomic E-state index is 13.9. The third-order valence-corrected chi connectivity index (χ3v) is 6.63. The third-order valence-electron chi connectivity index (χ3n) is 6.63. The number of aromatic amines is 1. The number of hydrogen-bond donors (Lipinski definition) is 2. The Bertz CT molecular complexity index is 1230.